The van der Waals surface area contributed by atoms with Crippen molar-refractivity contribution >= 4 is 5.91 Å². The van der Waals surface area contributed by atoms with Gasteiger partial charge in [-0.25, -0.2) is 0 Å². The minimum absolute atomic E-state index is 0.121. The standard InChI is InChI=1S/C13H26N2O/c1-9(6-5-7-10(2)14)12(16)15-11-8-13(11,3)4/h9-11H,5-8,14H2,1-4H3,(H,15,16). The molecule has 0 bridgehead atoms. The average molecular weight is 226 g/mol. The molecule has 0 radical (unpaired) electrons. The normalized spacial score (nSPS) is 25.9. The lowest BCUT2D eigenvalue weighted by molar-refractivity contribution is -0.125. The second-order valence-electron chi connectivity index (χ2n) is 6.06. The maximum absolute atomic E-state index is 11.8. The molecule has 3 heteroatoms. The molecule has 1 aliphatic carbocycles. The summed E-state index contributed by atoms with van der Waals surface area (Å²) in [7, 11) is 0. The lowest BCUT2D eigenvalue weighted by Crippen LogP contribution is -2.33. The highest BCUT2D eigenvalue weighted by Gasteiger charge is 2.46. The van der Waals surface area contributed by atoms with Crippen molar-refractivity contribution in [2.24, 2.45) is 17.1 Å². The van der Waals surface area contributed by atoms with Crippen LogP contribution in [-0.4, -0.2) is 18.0 Å². The van der Waals surface area contributed by atoms with E-state index in [4.69, 9.17) is 5.73 Å². The highest BCUT2D eigenvalue weighted by Crippen LogP contribution is 2.44. The summed E-state index contributed by atoms with van der Waals surface area (Å²) in [5, 5.41) is 3.11. The minimum Gasteiger partial charge on any atom is -0.353 e. The van der Waals surface area contributed by atoms with Crippen molar-refractivity contribution in [1.29, 1.82) is 0 Å². The minimum atomic E-state index is 0.121. The van der Waals surface area contributed by atoms with E-state index < -0.39 is 0 Å². The average Bonchev–Trinajstić information content (AvgIpc) is 2.72. The Bertz CT molecular complexity index is 248. The molecule has 1 rings (SSSR count). The van der Waals surface area contributed by atoms with E-state index in [9.17, 15) is 4.79 Å². The van der Waals surface area contributed by atoms with E-state index in [0.717, 1.165) is 25.7 Å². The quantitative estimate of drug-likeness (QED) is 0.728. The first-order chi connectivity index (χ1) is 7.33. The molecule has 0 spiro atoms. The Labute approximate surface area is 99.2 Å². The summed E-state index contributed by atoms with van der Waals surface area (Å²) in [6, 6.07) is 0.647. The fourth-order valence-electron chi connectivity index (χ4n) is 1.90. The molecule has 3 unspecified atom stereocenters. The number of rotatable bonds is 6. The van der Waals surface area contributed by atoms with Crippen LogP contribution >= 0.6 is 0 Å². The van der Waals surface area contributed by atoms with Gasteiger partial charge in [-0.1, -0.05) is 27.2 Å². The number of nitrogens with two attached hydrogens (primary N) is 1. The fourth-order valence-corrected chi connectivity index (χ4v) is 1.90. The van der Waals surface area contributed by atoms with Crippen LogP contribution in [-0.2, 0) is 4.79 Å². The Hall–Kier alpha value is -0.570. The molecular formula is C13H26N2O. The van der Waals surface area contributed by atoms with Gasteiger partial charge in [0.05, 0.1) is 0 Å². The Kier molecular flexibility index (Phi) is 4.36. The predicted molar refractivity (Wildman–Crippen MR) is 67.0 cm³/mol. The van der Waals surface area contributed by atoms with Gasteiger partial charge in [-0.3, -0.25) is 4.79 Å². The highest BCUT2D eigenvalue weighted by molar-refractivity contribution is 5.79. The van der Waals surface area contributed by atoms with Crippen molar-refractivity contribution < 1.29 is 4.79 Å². The van der Waals surface area contributed by atoms with Gasteiger partial charge in [-0.2, -0.15) is 0 Å². The van der Waals surface area contributed by atoms with Gasteiger partial charge in [-0.05, 0) is 31.6 Å². The maximum Gasteiger partial charge on any atom is 0.223 e. The predicted octanol–water partition coefficient (Wildman–Crippen LogP) is 2.05. The summed E-state index contributed by atoms with van der Waals surface area (Å²) in [5.74, 6) is 0.329. The first-order valence-corrected chi connectivity index (χ1v) is 6.39. The summed E-state index contributed by atoms with van der Waals surface area (Å²) < 4.78 is 0. The molecule has 3 nitrogen and oxygen atoms in total. The highest BCUT2D eigenvalue weighted by atomic mass is 16.2. The van der Waals surface area contributed by atoms with Crippen LogP contribution in [0.4, 0.5) is 0 Å². The Morgan fingerprint density at radius 1 is 1.44 bits per heavy atom. The molecule has 3 N–H and O–H groups in total. The topological polar surface area (TPSA) is 55.1 Å². The Morgan fingerprint density at radius 3 is 2.44 bits per heavy atom. The summed E-state index contributed by atoms with van der Waals surface area (Å²) in [6.45, 7) is 8.40. The smallest absolute Gasteiger partial charge is 0.223 e. The first-order valence-electron chi connectivity index (χ1n) is 6.39. The van der Waals surface area contributed by atoms with E-state index in [-0.39, 0.29) is 17.9 Å². The molecule has 0 aromatic heterocycles. The van der Waals surface area contributed by atoms with Gasteiger partial charge in [0, 0.05) is 18.0 Å². The van der Waals surface area contributed by atoms with Gasteiger partial charge < -0.3 is 11.1 Å². The zero-order chi connectivity index (χ0) is 12.3. The molecular weight excluding hydrogens is 200 g/mol. The molecule has 0 saturated heterocycles. The third-order valence-corrected chi connectivity index (χ3v) is 3.57. The second-order valence-corrected chi connectivity index (χ2v) is 6.06. The Morgan fingerprint density at radius 2 is 2.00 bits per heavy atom. The van der Waals surface area contributed by atoms with Crippen LogP contribution in [0.25, 0.3) is 0 Å². The molecule has 1 fully saturated rings. The Balaban J connectivity index is 2.16. The van der Waals surface area contributed by atoms with Gasteiger partial charge in [0.1, 0.15) is 0 Å². The number of nitrogens with one attached hydrogen (secondary N) is 1. The van der Waals surface area contributed by atoms with Crippen LogP contribution in [0, 0.1) is 11.3 Å². The number of hydrogen-bond donors (Lipinski definition) is 2. The molecule has 1 aliphatic rings. The fraction of sp³-hybridized carbons (Fsp3) is 0.923. The van der Waals surface area contributed by atoms with Crippen molar-refractivity contribution in [1.82, 2.24) is 5.32 Å². The largest absolute Gasteiger partial charge is 0.353 e. The lowest BCUT2D eigenvalue weighted by Gasteiger charge is -2.13. The molecule has 0 aromatic carbocycles. The molecule has 94 valence electrons. The van der Waals surface area contributed by atoms with E-state index in [2.05, 4.69) is 19.2 Å². The van der Waals surface area contributed by atoms with Gasteiger partial charge in [0.25, 0.3) is 0 Å². The molecule has 0 aliphatic heterocycles. The van der Waals surface area contributed by atoms with E-state index in [1.807, 2.05) is 13.8 Å². The summed E-state index contributed by atoms with van der Waals surface area (Å²) in [5.41, 5.74) is 6.00. The van der Waals surface area contributed by atoms with Gasteiger partial charge in [0.2, 0.25) is 5.91 Å². The second kappa shape index (κ2) is 5.17. The first kappa shape index (κ1) is 13.5. The number of hydrogen-bond acceptors (Lipinski definition) is 2. The number of carbonyl (C=O) groups excluding carboxylic acids is 1. The molecule has 1 saturated carbocycles. The summed E-state index contributed by atoms with van der Waals surface area (Å²) in [4.78, 5) is 11.8. The van der Waals surface area contributed by atoms with Crippen molar-refractivity contribution in [3.05, 3.63) is 0 Å². The summed E-state index contributed by atoms with van der Waals surface area (Å²) >= 11 is 0. The van der Waals surface area contributed by atoms with Crippen molar-refractivity contribution in [2.75, 3.05) is 0 Å². The van der Waals surface area contributed by atoms with Gasteiger partial charge >= 0.3 is 0 Å². The number of amides is 1. The van der Waals surface area contributed by atoms with E-state index >= 15 is 0 Å². The van der Waals surface area contributed by atoms with Crippen LogP contribution in [0.5, 0.6) is 0 Å². The van der Waals surface area contributed by atoms with Crippen molar-refractivity contribution in [2.45, 2.75) is 65.5 Å². The lowest BCUT2D eigenvalue weighted by atomic mass is 10.0. The van der Waals surface area contributed by atoms with E-state index in [0.29, 0.717) is 11.5 Å². The zero-order valence-electron chi connectivity index (χ0n) is 11.0. The SMILES string of the molecule is CC(N)CCCC(C)C(=O)NC1CC1(C)C. The third-order valence-electron chi connectivity index (χ3n) is 3.57. The molecule has 0 heterocycles. The van der Waals surface area contributed by atoms with Crippen LogP contribution in [0.15, 0.2) is 0 Å². The van der Waals surface area contributed by atoms with Gasteiger partial charge in [-0.15, -0.1) is 0 Å². The van der Waals surface area contributed by atoms with Crippen LogP contribution < -0.4 is 11.1 Å². The summed E-state index contributed by atoms with van der Waals surface area (Å²) in [6.07, 6.45) is 4.11. The van der Waals surface area contributed by atoms with Crippen molar-refractivity contribution in [3.63, 3.8) is 0 Å². The maximum atomic E-state index is 11.8. The van der Waals surface area contributed by atoms with Crippen LogP contribution in [0.1, 0.15) is 53.4 Å². The van der Waals surface area contributed by atoms with E-state index in [1.165, 1.54) is 0 Å². The number of carbonyl (C=O) groups is 1. The zero-order valence-corrected chi connectivity index (χ0v) is 11.0. The third kappa shape index (κ3) is 4.12. The monoisotopic (exact) mass is 226 g/mol. The van der Waals surface area contributed by atoms with Crippen LogP contribution in [0.3, 0.4) is 0 Å². The molecule has 0 aromatic rings. The van der Waals surface area contributed by atoms with Gasteiger partial charge in [0.15, 0.2) is 0 Å². The van der Waals surface area contributed by atoms with E-state index in [1.54, 1.807) is 0 Å². The molecule has 16 heavy (non-hydrogen) atoms. The molecule has 3 atom stereocenters. The molecule has 1 amide bonds. The van der Waals surface area contributed by atoms with Crippen molar-refractivity contribution in [3.8, 4) is 0 Å². The van der Waals surface area contributed by atoms with Crippen LogP contribution in [0.2, 0.25) is 0 Å².